The molecule has 1 saturated heterocycles. The van der Waals surface area contributed by atoms with Crippen LogP contribution in [0.4, 0.5) is 0 Å². The second kappa shape index (κ2) is 8.72. The Balaban J connectivity index is 1.74. The number of nitrogens with zero attached hydrogens (tertiary/aromatic N) is 4. The number of rotatable bonds is 8. The molecule has 2 N–H and O–H groups in total. The Morgan fingerprint density at radius 2 is 2.00 bits per heavy atom. The van der Waals surface area contributed by atoms with E-state index in [4.69, 9.17) is 13.8 Å². The number of nitrogens with one attached hydrogen (secondary N) is 1. The minimum absolute atomic E-state index is 0.0673. The highest BCUT2D eigenvalue weighted by atomic mass is 31.2. The van der Waals surface area contributed by atoms with Crippen LogP contribution in [-0.2, 0) is 24.9 Å². The number of aromatic nitrogens is 5. The summed E-state index contributed by atoms with van der Waals surface area (Å²) in [7, 11) is -3.56. The number of aliphatic hydroxyl groups is 1. The molecule has 0 saturated carbocycles. The predicted molar refractivity (Wildman–Crippen MR) is 101 cm³/mol. The zero-order valence-electron chi connectivity index (χ0n) is 16.3. The zero-order chi connectivity index (χ0) is 21.2. The van der Waals surface area contributed by atoms with Crippen molar-refractivity contribution in [2.75, 3.05) is 13.2 Å². The molecule has 0 aliphatic carbocycles. The Bertz CT molecular complexity index is 1010. The van der Waals surface area contributed by atoms with E-state index < -0.39 is 37.3 Å². The van der Waals surface area contributed by atoms with Gasteiger partial charge in [-0.05, 0) is 20.8 Å². The molecule has 2 aromatic heterocycles. The van der Waals surface area contributed by atoms with Crippen molar-refractivity contribution < 1.29 is 23.5 Å². The largest absolute Gasteiger partial charge is 0.390 e. The van der Waals surface area contributed by atoms with Crippen molar-refractivity contribution in [3.8, 4) is 0 Å². The molecule has 0 unspecified atom stereocenters. The molecule has 0 spiro atoms. The summed E-state index contributed by atoms with van der Waals surface area (Å²) < 4.78 is 31.6. The third kappa shape index (κ3) is 4.57. The number of aromatic amines is 1. The van der Waals surface area contributed by atoms with Crippen LogP contribution in [-0.4, -0.2) is 55.1 Å². The molecule has 29 heavy (non-hydrogen) atoms. The molecule has 1 fully saturated rings. The van der Waals surface area contributed by atoms with Gasteiger partial charge in [0.15, 0.2) is 5.44 Å². The highest BCUT2D eigenvalue weighted by Gasteiger charge is 2.37. The highest BCUT2D eigenvalue weighted by molar-refractivity contribution is 7.61. The van der Waals surface area contributed by atoms with Crippen molar-refractivity contribution in [3.05, 3.63) is 38.8 Å². The van der Waals surface area contributed by atoms with Crippen LogP contribution in [0.15, 0.2) is 22.0 Å². The molecule has 0 bridgehead atoms. The van der Waals surface area contributed by atoms with Crippen LogP contribution in [0, 0.1) is 6.92 Å². The summed E-state index contributed by atoms with van der Waals surface area (Å²) in [6.07, 6.45) is 0.679. The fraction of sp³-hybridized carbons (Fsp3) is 0.625. The predicted octanol–water partition coefficient (Wildman–Crippen LogP) is -0.323. The smallest absolute Gasteiger partial charge is 0.383 e. The molecule has 13 heteroatoms. The summed E-state index contributed by atoms with van der Waals surface area (Å²) in [6, 6.07) is 0. The van der Waals surface area contributed by atoms with Crippen LogP contribution in [0.2, 0.25) is 0 Å². The van der Waals surface area contributed by atoms with E-state index in [2.05, 4.69) is 15.3 Å². The molecule has 3 rings (SSSR count). The fourth-order valence-corrected chi connectivity index (χ4v) is 4.49. The average molecular weight is 429 g/mol. The third-order valence-electron chi connectivity index (χ3n) is 4.43. The minimum Gasteiger partial charge on any atom is -0.390 e. The fourth-order valence-electron chi connectivity index (χ4n) is 3.05. The van der Waals surface area contributed by atoms with Crippen LogP contribution in [0.3, 0.4) is 0 Å². The Hall–Kier alpha value is -2.11. The first-order valence-corrected chi connectivity index (χ1v) is 10.8. The van der Waals surface area contributed by atoms with Crippen LogP contribution in [0.25, 0.3) is 0 Å². The molecule has 1 aliphatic rings. The van der Waals surface area contributed by atoms with Crippen LogP contribution >= 0.6 is 7.60 Å². The molecular formula is C16H24N5O7P. The summed E-state index contributed by atoms with van der Waals surface area (Å²) in [5.41, 5.74) is -0.659. The minimum atomic E-state index is -3.56. The number of ether oxygens (including phenoxy) is 1. The molecule has 1 aliphatic heterocycles. The van der Waals surface area contributed by atoms with Gasteiger partial charge in [0.1, 0.15) is 12.3 Å². The van der Waals surface area contributed by atoms with Gasteiger partial charge in [-0.15, -0.1) is 5.10 Å². The second-order valence-electron chi connectivity index (χ2n) is 6.54. The lowest BCUT2D eigenvalue weighted by Gasteiger charge is -2.16. The maximum atomic E-state index is 12.8. The molecule has 0 radical (unpaired) electrons. The maximum Gasteiger partial charge on any atom is 0.383 e. The van der Waals surface area contributed by atoms with E-state index in [0.717, 1.165) is 0 Å². The highest BCUT2D eigenvalue weighted by Crippen LogP contribution is 2.45. The standard InChI is InChI=1S/C16H24N5O7P/c1-4-26-29(25,27-5-2)13-9-20(19-18-13)8-12-11(22)6-14(28-12)21-7-10(3)15(23)17-16(21)24/h7,9,11-12,14,22H,4-6,8H2,1-3H3,(H,17,23,24)/t11-,12+,14+/m0/s1. The summed E-state index contributed by atoms with van der Waals surface area (Å²) >= 11 is 0. The second-order valence-corrected chi connectivity index (χ2v) is 8.51. The number of hydrogen-bond donors (Lipinski definition) is 2. The van der Waals surface area contributed by atoms with Gasteiger partial charge >= 0.3 is 13.3 Å². The van der Waals surface area contributed by atoms with Gasteiger partial charge in [-0.25, -0.2) is 9.48 Å². The lowest BCUT2D eigenvalue weighted by Crippen LogP contribution is -2.33. The first kappa shape index (κ1) is 21.6. The first-order chi connectivity index (χ1) is 13.8. The van der Waals surface area contributed by atoms with E-state index in [9.17, 15) is 19.3 Å². The molecule has 3 heterocycles. The van der Waals surface area contributed by atoms with E-state index in [-0.39, 0.29) is 31.6 Å². The normalized spacial score (nSPS) is 22.3. The van der Waals surface area contributed by atoms with Crippen molar-refractivity contribution in [3.63, 3.8) is 0 Å². The molecule has 3 atom stereocenters. The number of aryl methyl sites for hydroxylation is 1. The third-order valence-corrected chi connectivity index (χ3v) is 6.39. The Morgan fingerprint density at radius 3 is 2.66 bits per heavy atom. The van der Waals surface area contributed by atoms with Gasteiger partial charge in [0.05, 0.1) is 32.1 Å². The topological polar surface area (TPSA) is 151 Å². The number of H-pyrrole nitrogens is 1. The van der Waals surface area contributed by atoms with Gasteiger partial charge < -0.3 is 18.9 Å². The lowest BCUT2D eigenvalue weighted by atomic mass is 10.2. The molecular weight excluding hydrogens is 405 g/mol. The Morgan fingerprint density at radius 1 is 1.31 bits per heavy atom. The van der Waals surface area contributed by atoms with Crippen molar-refractivity contribution in [1.82, 2.24) is 24.5 Å². The zero-order valence-corrected chi connectivity index (χ0v) is 17.2. The summed E-state index contributed by atoms with van der Waals surface area (Å²) in [5, 5.41) is 18.1. The van der Waals surface area contributed by atoms with E-state index in [1.165, 1.54) is 21.6 Å². The van der Waals surface area contributed by atoms with E-state index in [0.29, 0.717) is 5.56 Å². The van der Waals surface area contributed by atoms with Gasteiger partial charge in [0.25, 0.3) is 5.56 Å². The van der Waals surface area contributed by atoms with Gasteiger partial charge in [-0.1, -0.05) is 5.21 Å². The van der Waals surface area contributed by atoms with E-state index in [1.807, 2.05) is 0 Å². The van der Waals surface area contributed by atoms with Crippen molar-refractivity contribution in [2.24, 2.45) is 0 Å². The van der Waals surface area contributed by atoms with Crippen molar-refractivity contribution in [1.29, 1.82) is 0 Å². The average Bonchev–Trinajstić information content (AvgIpc) is 3.27. The van der Waals surface area contributed by atoms with Gasteiger partial charge in [-0.2, -0.15) is 0 Å². The summed E-state index contributed by atoms with van der Waals surface area (Å²) in [5.74, 6) is 0. The lowest BCUT2D eigenvalue weighted by molar-refractivity contribution is -0.0302. The van der Waals surface area contributed by atoms with Crippen LogP contribution < -0.4 is 16.7 Å². The molecule has 0 amide bonds. The molecule has 160 valence electrons. The Labute approximate surface area is 165 Å². The summed E-state index contributed by atoms with van der Waals surface area (Å²) in [6.45, 7) is 5.44. The molecule has 12 nitrogen and oxygen atoms in total. The monoisotopic (exact) mass is 429 g/mol. The SMILES string of the molecule is CCOP(=O)(OCC)c1cn(C[C@H]2O[C@@H](n3cc(C)c(=O)[nH]c3=O)C[C@@H]2O)nn1. The number of aliphatic hydroxyl groups excluding tert-OH is 1. The van der Waals surface area contributed by atoms with Crippen molar-refractivity contribution in [2.45, 2.75) is 52.2 Å². The van der Waals surface area contributed by atoms with Crippen LogP contribution in [0.5, 0.6) is 0 Å². The molecule has 0 aromatic carbocycles. The van der Waals surface area contributed by atoms with Gasteiger partial charge in [-0.3, -0.25) is 18.9 Å². The number of hydrogen-bond acceptors (Lipinski definition) is 9. The van der Waals surface area contributed by atoms with E-state index >= 15 is 0 Å². The maximum absolute atomic E-state index is 12.8. The summed E-state index contributed by atoms with van der Waals surface area (Å²) in [4.78, 5) is 25.8. The van der Waals surface area contributed by atoms with E-state index in [1.54, 1.807) is 20.8 Å². The van der Waals surface area contributed by atoms with Crippen molar-refractivity contribution >= 4 is 13.0 Å². The Kier molecular flexibility index (Phi) is 6.49. The van der Waals surface area contributed by atoms with Gasteiger partial charge in [0.2, 0.25) is 0 Å². The van der Waals surface area contributed by atoms with Gasteiger partial charge in [0, 0.05) is 18.2 Å². The molecule has 2 aromatic rings. The van der Waals surface area contributed by atoms with Crippen LogP contribution in [0.1, 0.15) is 32.1 Å². The first-order valence-electron chi connectivity index (χ1n) is 9.22. The quantitative estimate of drug-likeness (QED) is 0.538.